The van der Waals surface area contributed by atoms with Gasteiger partial charge in [0, 0.05) is 17.3 Å². The molecule has 1 heterocycles. The predicted molar refractivity (Wildman–Crippen MR) is 80.2 cm³/mol. The third-order valence-electron chi connectivity index (χ3n) is 2.89. The molecule has 0 aliphatic carbocycles. The number of nitrogen functional groups attached to an aromatic ring is 1. The highest BCUT2D eigenvalue weighted by atomic mass is 19.1. The van der Waals surface area contributed by atoms with Gasteiger partial charge in [-0.25, -0.2) is 20.2 Å². The van der Waals surface area contributed by atoms with Crippen molar-refractivity contribution in [3.05, 3.63) is 35.4 Å². The summed E-state index contributed by atoms with van der Waals surface area (Å²) >= 11 is 0. The van der Waals surface area contributed by atoms with Crippen LogP contribution >= 0.6 is 0 Å². The van der Waals surface area contributed by atoms with Gasteiger partial charge in [-0.3, -0.25) is 0 Å². The maximum atomic E-state index is 13.8. The fourth-order valence-electron chi connectivity index (χ4n) is 1.88. The Balaban J connectivity index is 2.30. The third kappa shape index (κ3) is 3.38. The van der Waals surface area contributed by atoms with Crippen LogP contribution in [0.3, 0.4) is 0 Å². The number of anilines is 3. The summed E-state index contributed by atoms with van der Waals surface area (Å²) in [6.07, 6.45) is 0. The van der Waals surface area contributed by atoms with E-state index in [2.05, 4.69) is 20.7 Å². The average Bonchev–Trinajstić information content (AvgIpc) is 2.45. The first-order valence-electron chi connectivity index (χ1n) is 6.56. The number of nitrogens with two attached hydrogens (primary N) is 1. The average molecular weight is 291 g/mol. The second kappa shape index (κ2) is 6.36. The van der Waals surface area contributed by atoms with E-state index in [1.165, 1.54) is 6.07 Å². The lowest BCUT2D eigenvalue weighted by molar-refractivity contribution is 0.321. The smallest absolute Gasteiger partial charge is 0.167 e. The number of nitrogens with one attached hydrogen (secondary N) is 2. The summed E-state index contributed by atoms with van der Waals surface area (Å²) in [6.45, 7) is 5.80. The van der Waals surface area contributed by atoms with Gasteiger partial charge >= 0.3 is 0 Å². The van der Waals surface area contributed by atoms with Gasteiger partial charge in [0.1, 0.15) is 17.5 Å². The molecule has 0 fully saturated rings. The normalized spacial score (nSPS) is 10.3. The third-order valence-corrected chi connectivity index (χ3v) is 2.89. The van der Waals surface area contributed by atoms with Crippen LogP contribution in [0.5, 0.6) is 5.75 Å². The van der Waals surface area contributed by atoms with Crippen LogP contribution in [0.1, 0.15) is 18.3 Å². The fourth-order valence-corrected chi connectivity index (χ4v) is 1.88. The van der Waals surface area contributed by atoms with Crippen LogP contribution in [-0.2, 0) is 0 Å². The molecule has 112 valence electrons. The number of hydrazine groups is 1. The Bertz CT molecular complexity index is 648. The summed E-state index contributed by atoms with van der Waals surface area (Å²) in [7, 11) is 0. The number of benzene rings is 1. The number of hydrogen-bond donors (Lipinski definition) is 3. The highest BCUT2D eigenvalue weighted by Crippen LogP contribution is 2.26. The van der Waals surface area contributed by atoms with Crippen LogP contribution in [0.25, 0.3) is 0 Å². The standard InChI is InChI=1S/C14H18FN5O/c1-4-21-12-6-5-10(7-11(12)15)19-13-8(2)14(20-16)18-9(3)17-13/h5-7H,4,16H2,1-3H3,(H2,17,18,19,20). The van der Waals surface area contributed by atoms with Gasteiger partial charge in [-0.05, 0) is 32.9 Å². The van der Waals surface area contributed by atoms with E-state index in [9.17, 15) is 4.39 Å². The lowest BCUT2D eigenvalue weighted by Crippen LogP contribution is -2.13. The van der Waals surface area contributed by atoms with Gasteiger partial charge in [0.15, 0.2) is 11.6 Å². The van der Waals surface area contributed by atoms with Gasteiger partial charge in [-0.15, -0.1) is 0 Å². The number of aromatic nitrogens is 2. The zero-order chi connectivity index (χ0) is 15.4. The topological polar surface area (TPSA) is 85.1 Å². The minimum atomic E-state index is -0.428. The molecular weight excluding hydrogens is 273 g/mol. The molecule has 1 aromatic heterocycles. The molecule has 2 aromatic rings. The number of hydrogen-bond acceptors (Lipinski definition) is 6. The molecule has 0 unspecified atom stereocenters. The summed E-state index contributed by atoms with van der Waals surface area (Å²) in [5.41, 5.74) is 3.83. The molecule has 4 N–H and O–H groups in total. The summed E-state index contributed by atoms with van der Waals surface area (Å²) in [4.78, 5) is 8.46. The maximum absolute atomic E-state index is 13.8. The number of ether oxygens (including phenoxy) is 1. The molecule has 6 nitrogen and oxygen atoms in total. The van der Waals surface area contributed by atoms with Crippen molar-refractivity contribution in [2.75, 3.05) is 17.3 Å². The van der Waals surface area contributed by atoms with E-state index in [4.69, 9.17) is 10.6 Å². The molecule has 0 saturated carbocycles. The van der Waals surface area contributed by atoms with Gasteiger partial charge < -0.3 is 15.5 Å². The highest BCUT2D eigenvalue weighted by molar-refractivity contribution is 5.65. The molecular formula is C14H18FN5O. The van der Waals surface area contributed by atoms with E-state index >= 15 is 0 Å². The number of rotatable bonds is 5. The van der Waals surface area contributed by atoms with Crippen LogP contribution in [-0.4, -0.2) is 16.6 Å². The summed E-state index contributed by atoms with van der Waals surface area (Å²) in [5.74, 6) is 6.86. The largest absolute Gasteiger partial charge is 0.491 e. The van der Waals surface area contributed by atoms with Gasteiger partial charge in [-0.2, -0.15) is 0 Å². The van der Waals surface area contributed by atoms with E-state index in [1.807, 2.05) is 6.92 Å². The Hall–Kier alpha value is -2.41. The van der Waals surface area contributed by atoms with Crippen LogP contribution < -0.4 is 21.3 Å². The first-order chi connectivity index (χ1) is 10.0. The number of nitrogens with zero attached hydrogens (tertiary/aromatic N) is 2. The molecule has 2 rings (SSSR count). The van der Waals surface area contributed by atoms with Crippen molar-refractivity contribution in [2.24, 2.45) is 5.84 Å². The second-order valence-corrected chi connectivity index (χ2v) is 4.44. The molecule has 7 heteroatoms. The number of aryl methyl sites for hydroxylation is 1. The molecule has 0 amide bonds. The van der Waals surface area contributed by atoms with Gasteiger partial charge in [-0.1, -0.05) is 0 Å². The van der Waals surface area contributed by atoms with Crippen LogP contribution in [0, 0.1) is 19.7 Å². The highest BCUT2D eigenvalue weighted by Gasteiger charge is 2.10. The Morgan fingerprint density at radius 2 is 1.95 bits per heavy atom. The summed E-state index contributed by atoms with van der Waals surface area (Å²) in [5, 5.41) is 3.06. The molecule has 1 aromatic carbocycles. The van der Waals surface area contributed by atoms with Gasteiger partial charge in [0.2, 0.25) is 0 Å². The lowest BCUT2D eigenvalue weighted by Gasteiger charge is -2.13. The molecule has 0 atom stereocenters. The van der Waals surface area contributed by atoms with Crippen molar-refractivity contribution < 1.29 is 9.13 Å². The molecule has 0 bridgehead atoms. The van der Waals surface area contributed by atoms with Crippen molar-refractivity contribution in [1.82, 2.24) is 9.97 Å². The number of halogens is 1. The Labute approximate surface area is 122 Å². The summed E-state index contributed by atoms with van der Waals surface area (Å²) in [6, 6.07) is 4.66. The Kier molecular flexibility index (Phi) is 4.54. The van der Waals surface area contributed by atoms with Gasteiger partial charge in [0.25, 0.3) is 0 Å². The van der Waals surface area contributed by atoms with Crippen LogP contribution in [0.4, 0.5) is 21.7 Å². The zero-order valence-corrected chi connectivity index (χ0v) is 12.2. The van der Waals surface area contributed by atoms with Gasteiger partial charge in [0.05, 0.1) is 6.61 Å². The minimum Gasteiger partial charge on any atom is -0.491 e. The van der Waals surface area contributed by atoms with E-state index < -0.39 is 5.82 Å². The second-order valence-electron chi connectivity index (χ2n) is 4.44. The van der Waals surface area contributed by atoms with Crippen LogP contribution in [0.2, 0.25) is 0 Å². The lowest BCUT2D eigenvalue weighted by atomic mass is 10.2. The SMILES string of the molecule is CCOc1ccc(Nc2nc(C)nc(NN)c2C)cc1F. The van der Waals surface area contributed by atoms with E-state index in [-0.39, 0.29) is 5.75 Å². The maximum Gasteiger partial charge on any atom is 0.167 e. The molecule has 0 saturated heterocycles. The molecule has 0 aliphatic heterocycles. The Morgan fingerprint density at radius 3 is 2.57 bits per heavy atom. The van der Waals surface area contributed by atoms with Crippen LogP contribution in [0.15, 0.2) is 18.2 Å². The minimum absolute atomic E-state index is 0.225. The Morgan fingerprint density at radius 1 is 1.24 bits per heavy atom. The monoisotopic (exact) mass is 291 g/mol. The zero-order valence-electron chi connectivity index (χ0n) is 12.2. The van der Waals surface area contributed by atoms with Crippen molar-refractivity contribution in [2.45, 2.75) is 20.8 Å². The van der Waals surface area contributed by atoms with E-state index in [0.29, 0.717) is 29.8 Å². The van der Waals surface area contributed by atoms with Crippen molar-refractivity contribution in [3.63, 3.8) is 0 Å². The molecule has 0 aliphatic rings. The van der Waals surface area contributed by atoms with Crippen molar-refractivity contribution >= 4 is 17.3 Å². The van der Waals surface area contributed by atoms with Crippen molar-refractivity contribution in [1.29, 1.82) is 0 Å². The summed E-state index contributed by atoms with van der Waals surface area (Å²) < 4.78 is 19.0. The predicted octanol–water partition coefficient (Wildman–Crippen LogP) is 2.66. The van der Waals surface area contributed by atoms with Crippen molar-refractivity contribution in [3.8, 4) is 5.75 Å². The molecule has 0 radical (unpaired) electrons. The first-order valence-corrected chi connectivity index (χ1v) is 6.56. The molecule has 0 spiro atoms. The van der Waals surface area contributed by atoms with E-state index in [0.717, 1.165) is 5.56 Å². The quantitative estimate of drug-likeness (QED) is 0.580. The van der Waals surface area contributed by atoms with E-state index in [1.54, 1.807) is 26.0 Å². The first kappa shape index (κ1) is 15.0. The molecule has 21 heavy (non-hydrogen) atoms. The fraction of sp³-hybridized carbons (Fsp3) is 0.286.